The molecule has 0 saturated heterocycles. The van der Waals surface area contributed by atoms with Gasteiger partial charge in [0.25, 0.3) is 0 Å². The van der Waals surface area contributed by atoms with Crippen molar-refractivity contribution >= 4 is 15.8 Å². The van der Waals surface area contributed by atoms with Gasteiger partial charge in [0.1, 0.15) is 5.75 Å². The van der Waals surface area contributed by atoms with Gasteiger partial charge in [-0.15, -0.1) is 0 Å². The standard InChI is InChI=1S/C8H17NO4S/c1-3-4-7(9)5-14(11,12)6-8(10)13-2/h7H,3-6,9H2,1-2H3. The van der Waals surface area contributed by atoms with Crippen LogP contribution in [0.5, 0.6) is 0 Å². The van der Waals surface area contributed by atoms with E-state index in [1.165, 1.54) is 0 Å². The molecule has 0 radical (unpaired) electrons. The zero-order valence-corrected chi connectivity index (χ0v) is 9.34. The van der Waals surface area contributed by atoms with E-state index < -0.39 is 27.6 Å². The summed E-state index contributed by atoms with van der Waals surface area (Å²) < 4.78 is 26.9. The lowest BCUT2D eigenvalue weighted by molar-refractivity contribution is -0.137. The van der Waals surface area contributed by atoms with Gasteiger partial charge in [0, 0.05) is 6.04 Å². The number of sulfone groups is 1. The van der Waals surface area contributed by atoms with Gasteiger partial charge in [0.05, 0.1) is 12.9 Å². The smallest absolute Gasteiger partial charge is 0.320 e. The molecule has 0 aliphatic heterocycles. The van der Waals surface area contributed by atoms with E-state index in [-0.39, 0.29) is 5.75 Å². The Hall–Kier alpha value is -0.620. The first-order valence-electron chi connectivity index (χ1n) is 4.44. The molecule has 0 aromatic heterocycles. The first-order valence-corrected chi connectivity index (χ1v) is 6.26. The van der Waals surface area contributed by atoms with Crippen LogP contribution in [-0.4, -0.2) is 39.0 Å². The Morgan fingerprint density at radius 3 is 2.50 bits per heavy atom. The Morgan fingerprint density at radius 2 is 2.07 bits per heavy atom. The van der Waals surface area contributed by atoms with Crippen molar-refractivity contribution in [2.45, 2.75) is 25.8 Å². The molecule has 0 amide bonds. The number of hydrogen-bond donors (Lipinski definition) is 1. The first-order chi connectivity index (χ1) is 6.41. The Morgan fingerprint density at radius 1 is 1.50 bits per heavy atom. The van der Waals surface area contributed by atoms with Gasteiger partial charge in [-0.25, -0.2) is 8.42 Å². The monoisotopic (exact) mass is 223 g/mol. The molecule has 0 fully saturated rings. The number of ether oxygens (including phenoxy) is 1. The van der Waals surface area contributed by atoms with Crippen molar-refractivity contribution in [2.24, 2.45) is 5.73 Å². The predicted octanol–water partition coefficient (Wildman–Crippen LogP) is -0.298. The fraction of sp³-hybridized carbons (Fsp3) is 0.875. The maximum absolute atomic E-state index is 11.3. The third kappa shape index (κ3) is 5.93. The maximum Gasteiger partial charge on any atom is 0.320 e. The molecule has 0 saturated carbocycles. The summed E-state index contributed by atoms with van der Waals surface area (Å²) in [5.41, 5.74) is 5.56. The number of esters is 1. The second-order valence-electron chi connectivity index (χ2n) is 3.18. The molecule has 0 rings (SSSR count). The van der Waals surface area contributed by atoms with E-state index >= 15 is 0 Å². The Kier molecular flexibility index (Phi) is 5.71. The minimum atomic E-state index is -3.41. The van der Waals surface area contributed by atoms with Gasteiger partial charge in [0.2, 0.25) is 0 Å². The molecule has 0 aliphatic carbocycles. The van der Waals surface area contributed by atoms with Crippen LogP contribution in [0.4, 0.5) is 0 Å². The summed E-state index contributed by atoms with van der Waals surface area (Å²) in [5.74, 6) is -1.48. The molecule has 5 nitrogen and oxygen atoms in total. The van der Waals surface area contributed by atoms with Crippen LogP contribution in [0.25, 0.3) is 0 Å². The topological polar surface area (TPSA) is 86.5 Å². The molecule has 14 heavy (non-hydrogen) atoms. The summed E-state index contributed by atoms with van der Waals surface area (Å²) in [6, 6.07) is -0.394. The SMILES string of the molecule is CCCC(N)CS(=O)(=O)CC(=O)OC. The van der Waals surface area contributed by atoms with Gasteiger partial charge in [-0.05, 0) is 6.42 Å². The number of rotatable bonds is 6. The molecular formula is C8H17NO4S. The van der Waals surface area contributed by atoms with Gasteiger partial charge < -0.3 is 10.5 Å². The molecule has 0 aromatic carbocycles. The van der Waals surface area contributed by atoms with Gasteiger partial charge in [-0.3, -0.25) is 4.79 Å². The largest absolute Gasteiger partial charge is 0.468 e. The first kappa shape index (κ1) is 13.4. The summed E-state index contributed by atoms with van der Waals surface area (Å²) in [4.78, 5) is 10.7. The molecule has 84 valence electrons. The number of carbonyl (C=O) groups excluding carboxylic acids is 1. The third-order valence-corrected chi connectivity index (χ3v) is 3.30. The molecule has 0 aromatic rings. The lowest BCUT2D eigenvalue weighted by atomic mass is 10.2. The van der Waals surface area contributed by atoms with Crippen LogP contribution in [0.2, 0.25) is 0 Å². The van der Waals surface area contributed by atoms with Crippen LogP contribution >= 0.6 is 0 Å². The van der Waals surface area contributed by atoms with Gasteiger partial charge >= 0.3 is 5.97 Å². The van der Waals surface area contributed by atoms with Crippen LogP contribution in [-0.2, 0) is 19.4 Å². The van der Waals surface area contributed by atoms with Crippen molar-refractivity contribution in [3.63, 3.8) is 0 Å². The number of hydrogen-bond acceptors (Lipinski definition) is 5. The third-order valence-electron chi connectivity index (χ3n) is 1.69. The zero-order valence-electron chi connectivity index (χ0n) is 8.52. The average Bonchev–Trinajstić information content (AvgIpc) is 2.02. The quantitative estimate of drug-likeness (QED) is 0.625. The lowest BCUT2D eigenvalue weighted by Crippen LogP contribution is -2.32. The summed E-state index contributed by atoms with van der Waals surface area (Å²) >= 11 is 0. The fourth-order valence-corrected chi connectivity index (χ4v) is 2.49. The second kappa shape index (κ2) is 5.98. The highest BCUT2D eigenvalue weighted by atomic mass is 32.2. The van der Waals surface area contributed by atoms with E-state index in [0.717, 1.165) is 13.5 Å². The van der Waals surface area contributed by atoms with Crippen LogP contribution in [0.3, 0.4) is 0 Å². The summed E-state index contributed by atoms with van der Waals surface area (Å²) in [6.45, 7) is 1.92. The van der Waals surface area contributed by atoms with Crippen LogP contribution in [0.1, 0.15) is 19.8 Å². The Bertz CT molecular complexity index is 273. The predicted molar refractivity (Wildman–Crippen MR) is 53.6 cm³/mol. The van der Waals surface area contributed by atoms with Gasteiger partial charge in [-0.2, -0.15) is 0 Å². The van der Waals surface area contributed by atoms with Crippen molar-refractivity contribution < 1.29 is 17.9 Å². The van der Waals surface area contributed by atoms with Crippen LogP contribution < -0.4 is 5.73 Å². The molecule has 1 unspecified atom stereocenters. The van der Waals surface area contributed by atoms with Gasteiger partial charge in [0.15, 0.2) is 9.84 Å². The molecule has 0 heterocycles. The molecule has 0 spiro atoms. The van der Waals surface area contributed by atoms with Gasteiger partial charge in [-0.1, -0.05) is 13.3 Å². The van der Waals surface area contributed by atoms with E-state index in [2.05, 4.69) is 4.74 Å². The molecule has 0 bridgehead atoms. The normalized spacial score (nSPS) is 13.6. The van der Waals surface area contributed by atoms with Crippen molar-refractivity contribution in [3.8, 4) is 0 Å². The Labute approximate surface area is 84.5 Å². The molecule has 2 N–H and O–H groups in total. The van der Waals surface area contributed by atoms with Crippen molar-refractivity contribution in [3.05, 3.63) is 0 Å². The molecular weight excluding hydrogens is 206 g/mol. The molecule has 6 heteroatoms. The minimum Gasteiger partial charge on any atom is -0.468 e. The highest BCUT2D eigenvalue weighted by Gasteiger charge is 2.20. The lowest BCUT2D eigenvalue weighted by Gasteiger charge is -2.09. The van der Waals surface area contributed by atoms with E-state index in [0.29, 0.717) is 6.42 Å². The van der Waals surface area contributed by atoms with Crippen molar-refractivity contribution in [1.82, 2.24) is 0 Å². The molecule has 1 atom stereocenters. The minimum absolute atomic E-state index is 0.157. The fourth-order valence-electron chi connectivity index (χ4n) is 1.08. The number of carbonyl (C=O) groups is 1. The average molecular weight is 223 g/mol. The number of methoxy groups -OCH3 is 1. The highest BCUT2D eigenvalue weighted by molar-refractivity contribution is 7.92. The molecule has 0 aliphatic rings. The van der Waals surface area contributed by atoms with E-state index in [4.69, 9.17) is 5.73 Å². The summed E-state index contributed by atoms with van der Waals surface area (Å²) in [5, 5.41) is 0. The van der Waals surface area contributed by atoms with E-state index in [9.17, 15) is 13.2 Å². The van der Waals surface area contributed by atoms with Crippen LogP contribution in [0.15, 0.2) is 0 Å². The highest BCUT2D eigenvalue weighted by Crippen LogP contribution is 2.00. The second-order valence-corrected chi connectivity index (χ2v) is 5.29. The zero-order chi connectivity index (χ0) is 11.2. The van der Waals surface area contributed by atoms with E-state index in [1.54, 1.807) is 0 Å². The number of nitrogens with two attached hydrogens (primary N) is 1. The van der Waals surface area contributed by atoms with Crippen molar-refractivity contribution in [1.29, 1.82) is 0 Å². The maximum atomic E-state index is 11.3. The van der Waals surface area contributed by atoms with Crippen LogP contribution in [0, 0.1) is 0 Å². The summed E-state index contributed by atoms with van der Waals surface area (Å²) in [6.07, 6.45) is 1.47. The Balaban J connectivity index is 4.14. The summed E-state index contributed by atoms with van der Waals surface area (Å²) in [7, 11) is -2.26. The van der Waals surface area contributed by atoms with E-state index in [1.807, 2.05) is 6.92 Å². The van der Waals surface area contributed by atoms with Crippen molar-refractivity contribution in [2.75, 3.05) is 18.6 Å².